The molecule has 2 aliphatic heterocycles. The van der Waals surface area contributed by atoms with E-state index in [4.69, 9.17) is 0 Å². The summed E-state index contributed by atoms with van der Waals surface area (Å²) in [6.07, 6.45) is 6.52. The van der Waals surface area contributed by atoms with Crippen molar-refractivity contribution >= 4 is 22.2 Å². The van der Waals surface area contributed by atoms with E-state index in [9.17, 15) is 0 Å². The molecule has 0 saturated heterocycles. The Hall–Kier alpha value is -1.83. The van der Waals surface area contributed by atoms with Crippen LogP contribution in [0.1, 0.15) is 32.3 Å². The summed E-state index contributed by atoms with van der Waals surface area (Å²) >= 11 is 0. The van der Waals surface area contributed by atoms with E-state index in [0.717, 1.165) is 0 Å². The molecule has 92 valence electrons. The Labute approximate surface area is 107 Å². The maximum atomic E-state index is 4.48. The maximum absolute atomic E-state index is 4.48. The number of para-hydroxylation sites is 1. The largest absolute Gasteiger partial charge is 0.361 e. The molecule has 0 amide bonds. The van der Waals surface area contributed by atoms with Gasteiger partial charge in [-0.05, 0) is 30.4 Å². The number of rotatable bonds is 1. The molecule has 0 spiro atoms. The van der Waals surface area contributed by atoms with Crippen molar-refractivity contribution in [2.24, 2.45) is 10.9 Å². The van der Waals surface area contributed by atoms with Crippen LogP contribution >= 0.6 is 0 Å². The van der Waals surface area contributed by atoms with Gasteiger partial charge in [0.25, 0.3) is 0 Å². The molecule has 2 nitrogen and oxygen atoms in total. The second-order valence-electron chi connectivity index (χ2n) is 4.63. The number of H-pyrrole nitrogens is 1. The number of fused-ring (bicyclic) bond motifs is 2. The fourth-order valence-electron chi connectivity index (χ4n) is 2.70. The van der Waals surface area contributed by atoms with E-state index in [-0.39, 0.29) is 0 Å². The summed E-state index contributed by atoms with van der Waals surface area (Å²) in [5.74, 6) is 0.715. The highest BCUT2D eigenvalue weighted by atomic mass is 14.8. The zero-order valence-electron chi connectivity index (χ0n) is 10.9. The highest BCUT2D eigenvalue weighted by molar-refractivity contribution is 6.02. The summed E-state index contributed by atoms with van der Waals surface area (Å²) in [4.78, 5) is 7.81. The molecule has 5 rings (SSSR count). The maximum Gasteiger partial charge on any atom is 0.0460 e. The Bertz CT molecular complexity index is 623. The van der Waals surface area contributed by atoms with Gasteiger partial charge in [0.1, 0.15) is 0 Å². The van der Waals surface area contributed by atoms with Crippen LogP contribution in [0.25, 0.3) is 16.5 Å². The zero-order valence-corrected chi connectivity index (χ0v) is 10.9. The van der Waals surface area contributed by atoms with Crippen LogP contribution in [-0.2, 0) is 0 Å². The molecule has 1 aliphatic carbocycles. The fraction of sp³-hybridized carbons (Fsp3) is 0.312. The van der Waals surface area contributed by atoms with Crippen LogP contribution in [0.5, 0.6) is 0 Å². The molecule has 2 heteroatoms. The number of hydrogen-bond donors (Lipinski definition) is 1. The Kier molecular flexibility index (Phi) is 2.78. The number of aliphatic imine (C=N–C) groups is 1. The molecule has 3 heterocycles. The number of benzene rings is 1. The lowest BCUT2D eigenvalue weighted by molar-refractivity contribution is 0.628. The minimum Gasteiger partial charge on any atom is -0.361 e. The minimum absolute atomic E-state index is 0.715. The van der Waals surface area contributed by atoms with Gasteiger partial charge in [-0.3, -0.25) is 4.99 Å². The first-order valence-corrected chi connectivity index (χ1v) is 6.74. The summed E-state index contributed by atoms with van der Waals surface area (Å²) < 4.78 is 0. The van der Waals surface area contributed by atoms with Crippen molar-refractivity contribution in [2.75, 3.05) is 0 Å². The molecule has 1 aromatic carbocycles. The highest BCUT2D eigenvalue weighted by Gasteiger charge is 2.32. The van der Waals surface area contributed by atoms with Crippen LogP contribution in [0.2, 0.25) is 0 Å². The molecule has 18 heavy (non-hydrogen) atoms. The first-order valence-electron chi connectivity index (χ1n) is 6.74. The summed E-state index contributed by atoms with van der Waals surface area (Å²) in [7, 11) is 0. The van der Waals surface area contributed by atoms with E-state index < -0.39 is 0 Å². The van der Waals surface area contributed by atoms with Gasteiger partial charge >= 0.3 is 0 Å². The third-order valence-corrected chi connectivity index (χ3v) is 3.69. The molecular weight excluding hydrogens is 220 g/mol. The lowest BCUT2D eigenvalue weighted by atomic mass is 9.74. The van der Waals surface area contributed by atoms with Crippen molar-refractivity contribution in [3.05, 3.63) is 42.2 Å². The molecule has 2 bridgehead atoms. The number of nitrogens with one attached hydrogen (secondary N) is 1. The fourth-order valence-corrected chi connectivity index (χ4v) is 2.70. The molecule has 0 radical (unpaired) electrons. The zero-order chi connectivity index (χ0) is 12.5. The summed E-state index contributed by atoms with van der Waals surface area (Å²) in [6.45, 7) is 4.00. The van der Waals surface area contributed by atoms with Crippen molar-refractivity contribution < 1.29 is 0 Å². The second-order valence-corrected chi connectivity index (χ2v) is 4.63. The SMILES string of the molecule is C1=C(c2c[nH]c3ccccc23)C2CC(=N1)C2.CC. The van der Waals surface area contributed by atoms with Gasteiger partial charge in [-0.25, -0.2) is 0 Å². The third-order valence-electron chi connectivity index (χ3n) is 3.69. The number of aromatic nitrogens is 1. The summed E-state index contributed by atoms with van der Waals surface area (Å²) in [5.41, 5.74) is 5.33. The standard InChI is InChI=1S/C14H12N2.C2H6/c1-2-4-14-11(3-1)13(8-16-14)12-7-15-10-5-9(12)6-10;1-2/h1-4,7-9,16H,5-6H2;1-2H3. The van der Waals surface area contributed by atoms with E-state index in [1.165, 1.54) is 40.6 Å². The number of nitrogens with zero attached hydrogens (tertiary/aromatic N) is 1. The molecule has 1 saturated carbocycles. The highest BCUT2D eigenvalue weighted by Crippen LogP contribution is 2.42. The van der Waals surface area contributed by atoms with Crippen LogP contribution in [0.15, 0.2) is 41.7 Å². The van der Waals surface area contributed by atoms with Crippen LogP contribution in [0, 0.1) is 5.92 Å². The lowest BCUT2D eigenvalue weighted by Crippen LogP contribution is -2.27. The third kappa shape index (κ3) is 1.60. The first-order chi connectivity index (χ1) is 8.92. The number of allylic oxidation sites excluding steroid dienone is 1. The first kappa shape index (κ1) is 11.3. The average Bonchev–Trinajstić information content (AvgIpc) is 2.84. The minimum atomic E-state index is 0.715. The molecule has 0 unspecified atom stereocenters. The smallest absolute Gasteiger partial charge is 0.0460 e. The molecule has 1 N–H and O–H groups in total. The predicted octanol–water partition coefficient (Wildman–Crippen LogP) is 4.40. The van der Waals surface area contributed by atoms with E-state index in [1.54, 1.807) is 0 Å². The van der Waals surface area contributed by atoms with Crippen molar-refractivity contribution in [1.82, 2.24) is 4.98 Å². The van der Waals surface area contributed by atoms with Crippen molar-refractivity contribution in [3.8, 4) is 0 Å². The van der Waals surface area contributed by atoms with Gasteiger partial charge in [0.2, 0.25) is 0 Å². The Morgan fingerprint density at radius 1 is 1.17 bits per heavy atom. The van der Waals surface area contributed by atoms with Crippen LogP contribution in [0.3, 0.4) is 0 Å². The average molecular weight is 238 g/mol. The quantitative estimate of drug-likeness (QED) is 0.762. The van der Waals surface area contributed by atoms with Gasteiger partial charge in [0.15, 0.2) is 0 Å². The van der Waals surface area contributed by atoms with Gasteiger partial charge in [-0.1, -0.05) is 32.0 Å². The van der Waals surface area contributed by atoms with Gasteiger partial charge in [0.05, 0.1) is 0 Å². The van der Waals surface area contributed by atoms with Crippen molar-refractivity contribution in [2.45, 2.75) is 26.7 Å². The molecule has 1 aromatic heterocycles. The van der Waals surface area contributed by atoms with E-state index in [2.05, 4.69) is 46.6 Å². The van der Waals surface area contributed by atoms with Crippen LogP contribution in [0.4, 0.5) is 0 Å². The summed E-state index contributed by atoms with van der Waals surface area (Å²) in [6, 6.07) is 8.47. The van der Waals surface area contributed by atoms with E-state index in [1.807, 2.05) is 13.8 Å². The number of hydrogen-bond acceptors (Lipinski definition) is 1. The van der Waals surface area contributed by atoms with Gasteiger partial charge in [-0.2, -0.15) is 0 Å². The normalized spacial score (nSPS) is 17.4. The molecular formula is C16H18N2. The van der Waals surface area contributed by atoms with Crippen molar-refractivity contribution in [1.29, 1.82) is 0 Å². The molecule has 1 fully saturated rings. The van der Waals surface area contributed by atoms with Gasteiger partial charge in [0, 0.05) is 34.6 Å². The Morgan fingerprint density at radius 2 is 1.94 bits per heavy atom. The molecule has 3 aliphatic rings. The van der Waals surface area contributed by atoms with E-state index in [0.29, 0.717) is 5.92 Å². The van der Waals surface area contributed by atoms with Gasteiger partial charge in [-0.15, -0.1) is 0 Å². The number of aromatic amines is 1. The Morgan fingerprint density at radius 3 is 2.67 bits per heavy atom. The molecule has 0 atom stereocenters. The topological polar surface area (TPSA) is 28.1 Å². The summed E-state index contributed by atoms with van der Waals surface area (Å²) in [5, 5.41) is 1.32. The predicted molar refractivity (Wildman–Crippen MR) is 77.8 cm³/mol. The van der Waals surface area contributed by atoms with Crippen LogP contribution in [-0.4, -0.2) is 10.7 Å². The van der Waals surface area contributed by atoms with Gasteiger partial charge < -0.3 is 4.98 Å². The lowest BCUT2D eigenvalue weighted by Gasteiger charge is -2.33. The van der Waals surface area contributed by atoms with Crippen LogP contribution < -0.4 is 0 Å². The monoisotopic (exact) mass is 238 g/mol. The van der Waals surface area contributed by atoms with Crippen molar-refractivity contribution in [3.63, 3.8) is 0 Å². The van der Waals surface area contributed by atoms with E-state index >= 15 is 0 Å². The Balaban J connectivity index is 0.000000478. The second kappa shape index (κ2) is 4.45. The molecule has 2 aromatic rings.